The van der Waals surface area contributed by atoms with Crippen LogP contribution in [0.1, 0.15) is 72.3 Å². The van der Waals surface area contributed by atoms with Gasteiger partial charge in [0.1, 0.15) is 12.4 Å². The Labute approximate surface area is 199 Å². The van der Waals surface area contributed by atoms with Crippen molar-refractivity contribution in [1.29, 1.82) is 0 Å². The third-order valence-electron chi connectivity index (χ3n) is 7.41. The number of hydrogen-bond donors (Lipinski definition) is 1. The van der Waals surface area contributed by atoms with E-state index in [2.05, 4.69) is 24.0 Å². The molecule has 0 spiro atoms. The highest BCUT2D eigenvalue weighted by atomic mass is 19.1. The van der Waals surface area contributed by atoms with Gasteiger partial charge in [0.2, 0.25) is 5.91 Å². The molecular weight excluding hydrogens is 435 g/mol. The largest absolute Gasteiger partial charge is 0.333 e. The van der Waals surface area contributed by atoms with Gasteiger partial charge in [-0.15, -0.1) is 0 Å². The SMILES string of the molecule is Cc1c(Cc2ccc(F)c(C(=O)N3CC(=O)N(C4CCCC4)[C@H](C(C)C)C3)c2)n[nH]c(=O)c1C. The average molecular weight is 469 g/mol. The van der Waals surface area contributed by atoms with Crippen LogP contribution in [0.15, 0.2) is 23.0 Å². The first-order valence-corrected chi connectivity index (χ1v) is 12.1. The smallest absolute Gasteiger partial charge is 0.267 e. The number of halogens is 1. The molecule has 2 aliphatic rings. The van der Waals surface area contributed by atoms with Gasteiger partial charge in [-0.1, -0.05) is 32.8 Å². The van der Waals surface area contributed by atoms with Crippen LogP contribution in [-0.4, -0.2) is 57.0 Å². The van der Waals surface area contributed by atoms with Crippen LogP contribution >= 0.6 is 0 Å². The molecule has 0 radical (unpaired) electrons. The minimum atomic E-state index is -0.608. The zero-order valence-electron chi connectivity index (χ0n) is 20.4. The number of benzene rings is 1. The van der Waals surface area contributed by atoms with Crippen LogP contribution in [0.4, 0.5) is 4.39 Å². The summed E-state index contributed by atoms with van der Waals surface area (Å²) in [5, 5.41) is 6.61. The maximum absolute atomic E-state index is 14.8. The number of piperazine rings is 1. The summed E-state index contributed by atoms with van der Waals surface area (Å²) in [7, 11) is 0. The van der Waals surface area contributed by atoms with Crippen molar-refractivity contribution in [3.8, 4) is 0 Å². The topological polar surface area (TPSA) is 86.4 Å². The van der Waals surface area contributed by atoms with Crippen LogP contribution in [0.2, 0.25) is 0 Å². The summed E-state index contributed by atoms with van der Waals surface area (Å²) in [6, 6.07) is 4.61. The molecule has 1 saturated carbocycles. The van der Waals surface area contributed by atoms with Gasteiger partial charge in [0.15, 0.2) is 0 Å². The van der Waals surface area contributed by atoms with Gasteiger partial charge in [-0.25, -0.2) is 9.49 Å². The molecule has 1 aromatic carbocycles. The van der Waals surface area contributed by atoms with Crippen molar-refractivity contribution >= 4 is 11.8 Å². The summed E-state index contributed by atoms with van der Waals surface area (Å²) in [5.41, 5.74) is 2.46. The maximum Gasteiger partial charge on any atom is 0.267 e. The van der Waals surface area contributed by atoms with Crippen LogP contribution in [0.25, 0.3) is 0 Å². The standard InChI is InChI=1S/C26H33FN4O3/c1-15(2)23-13-30(14-24(32)31(23)19-7-5-6-8-19)26(34)20-11-18(9-10-21(20)27)12-22-16(3)17(4)25(33)29-28-22/h9-11,15,19,23H,5-8,12-14H2,1-4H3,(H,29,33)/t23-/m0/s1. The van der Waals surface area contributed by atoms with E-state index >= 15 is 0 Å². The number of aromatic nitrogens is 2. The van der Waals surface area contributed by atoms with E-state index in [0.29, 0.717) is 29.8 Å². The number of H-pyrrole nitrogens is 1. The van der Waals surface area contributed by atoms with Crippen molar-refractivity contribution in [2.75, 3.05) is 13.1 Å². The lowest BCUT2D eigenvalue weighted by atomic mass is 9.95. The lowest BCUT2D eigenvalue weighted by Gasteiger charge is -2.46. The van der Waals surface area contributed by atoms with E-state index < -0.39 is 11.7 Å². The van der Waals surface area contributed by atoms with E-state index in [0.717, 1.165) is 31.2 Å². The fourth-order valence-electron chi connectivity index (χ4n) is 5.21. The first kappa shape index (κ1) is 24.1. The number of rotatable bonds is 5. The molecule has 1 aliphatic carbocycles. The Morgan fingerprint density at radius 2 is 1.88 bits per heavy atom. The van der Waals surface area contributed by atoms with Crippen LogP contribution < -0.4 is 5.56 Å². The summed E-state index contributed by atoms with van der Waals surface area (Å²) in [4.78, 5) is 41.8. The summed E-state index contributed by atoms with van der Waals surface area (Å²) in [5.74, 6) is -0.936. The molecule has 1 N–H and O–H groups in total. The summed E-state index contributed by atoms with van der Waals surface area (Å²) < 4.78 is 14.8. The maximum atomic E-state index is 14.8. The van der Waals surface area contributed by atoms with E-state index in [1.54, 1.807) is 13.0 Å². The number of hydrogen-bond acceptors (Lipinski definition) is 4. The quantitative estimate of drug-likeness (QED) is 0.729. The van der Waals surface area contributed by atoms with Crippen LogP contribution in [-0.2, 0) is 11.2 Å². The summed E-state index contributed by atoms with van der Waals surface area (Å²) >= 11 is 0. The van der Waals surface area contributed by atoms with Gasteiger partial charge in [-0.3, -0.25) is 14.4 Å². The number of aromatic amines is 1. The highest BCUT2D eigenvalue weighted by Gasteiger charge is 2.41. The van der Waals surface area contributed by atoms with Crippen LogP contribution in [0.3, 0.4) is 0 Å². The average Bonchev–Trinajstić information content (AvgIpc) is 3.34. The van der Waals surface area contributed by atoms with E-state index in [-0.39, 0.29) is 41.6 Å². The Kier molecular flexibility index (Phi) is 6.86. The molecule has 1 saturated heterocycles. The minimum absolute atomic E-state index is 0.0258. The molecule has 2 amide bonds. The molecule has 0 bridgehead atoms. The predicted molar refractivity (Wildman–Crippen MR) is 127 cm³/mol. The molecule has 2 heterocycles. The number of amides is 2. The van der Waals surface area contributed by atoms with Crippen molar-refractivity contribution in [2.24, 2.45) is 5.92 Å². The first-order valence-electron chi connectivity index (χ1n) is 12.1. The molecule has 0 unspecified atom stereocenters. The summed E-state index contributed by atoms with van der Waals surface area (Å²) in [6.07, 6.45) is 4.63. The van der Waals surface area contributed by atoms with Crippen molar-refractivity contribution < 1.29 is 14.0 Å². The molecule has 2 aromatic rings. The van der Waals surface area contributed by atoms with Crippen molar-refractivity contribution in [3.05, 3.63) is 62.3 Å². The third kappa shape index (κ3) is 4.63. The zero-order chi connectivity index (χ0) is 24.6. The molecule has 1 aliphatic heterocycles. The molecule has 34 heavy (non-hydrogen) atoms. The van der Waals surface area contributed by atoms with Crippen LogP contribution in [0.5, 0.6) is 0 Å². The molecule has 1 atom stereocenters. The molecule has 7 nitrogen and oxygen atoms in total. The minimum Gasteiger partial charge on any atom is -0.333 e. The molecular formula is C26H33FN4O3. The second-order valence-corrected chi connectivity index (χ2v) is 9.98. The van der Waals surface area contributed by atoms with E-state index in [4.69, 9.17) is 0 Å². The Bertz CT molecular complexity index is 1150. The van der Waals surface area contributed by atoms with Gasteiger partial charge in [0.25, 0.3) is 11.5 Å². The van der Waals surface area contributed by atoms with Gasteiger partial charge in [-0.05, 0) is 55.9 Å². The Hall–Kier alpha value is -3.03. The Balaban J connectivity index is 1.57. The normalized spacial score (nSPS) is 19.4. The number of carbonyl (C=O) groups is 2. The summed E-state index contributed by atoms with van der Waals surface area (Å²) in [6.45, 7) is 8.06. The molecule has 2 fully saturated rings. The Morgan fingerprint density at radius 1 is 1.18 bits per heavy atom. The van der Waals surface area contributed by atoms with E-state index in [9.17, 15) is 18.8 Å². The van der Waals surface area contributed by atoms with Crippen LogP contribution in [0, 0.1) is 25.6 Å². The van der Waals surface area contributed by atoms with Crippen molar-refractivity contribution in [1.82, 2.24) is 20.0 Å². The van der Waals surface area contributed by atoms with Gasteiger partial charge in [-0.2, -0.15) is 5.10 Å². The molecule has 8 heteroatoms. The predicted octanol–water partition coefficient (Wildman–Crippen LogP) is 3.37. The lowest BCUT2D eigenvalue weighted by molar-refractivity contribution is -0.143. The number of carbonyl (C=O) groups excluding carboxylic acids is 2. The van der Waals surface area contributed by atoms with Gasteiger partial charge in [0, 0.05) is 24.6 Å². The van der Waals surface area contributed by atoms with Gasteiger partial charge < -0.3 is 9.80 Å². The van der Waals surface area contributed by atoms with Crippen molar-refractivity contribution in [3.63, 3.8) is 0 Å². The lowest BCUT2D eigenvalue weighted by Crippen LogP contribution is -2.62. The second kappa shape index (κ2) is 9.68. The van der Waals surface area contributed by atoms with Gasteiger partial charge >= 0.3 is 0 Å². The number of nitrogens with one attached hydrogen (secondary N) is 1. The fraction of sp³-hybridized carbons (Fsp3) is 0.538. The molecule has 182 valence electrons. The van der Waals surface area contributed by atoms with E-state index in [1.165, 1.54) is 17.0 Å². The third-order valence-corrected chi connectivity index (χ3v) is 7.41. The highest BCUT2D eigenvalue weighted by Crippen LogP contribution is 2.30. The first-order chi connectivity index (χ1) is 16.2. The molecule has 4 rings (SSSR count). The number of nitrogens with zero attached hydrogens (tertiary/aromatic N) is 3. The Morgan fingerprint density at radius 3 is 2.56 bits per heavy atom. The molecule has 1 aromatic heterocycles. The van der Waals surface area contributed by atoms with Crippen molar-refractivity contribution in [2.45, 2.75) is 71.9 Å². The van der Waals surface area contributed by atoms with E-state index in [1.807, 2.05) is 11.8 Å². The van der Waals surface area contributed by atoms with Gasteiger partial charge in [0.05, 0.1) is 17.3 Å². The fourth-order valence-corrected chi connectivity index (χ4v) is 5.21. The highest BCUT2D eigenvalue weighted by molar-refractivity contribution is 5.97. The zero-order valence-corrected chi connectivity index (χ0v) is 20.4. The monoisotopic (exact) mass is 468 g/mol. The second-order valence-electron chi connectivity index (χ2n) is 9.98.